The highest BCUT2D eigenvalue weighted by Crippen LogP contribution is 2.20. The molecule has 0 aliphatic rings. The number of aromatic nitrogens is 1. The number of rotatable bonds is 5. The molecule has 0 saturated carbocycles. The number of aryl methyl sites for hydroxylation is 1. The van der Waals surface area contributed by atoms with Gasteiger partial charge in [0, 0.05) is 18.0 Å². The zero-order chi connectivity index (χ0) is 17.7. The fourth-order valence-corrected chi connectivity index (χ4v) is 3.28. The molecule has 0 atom stereocenters. The molecule has 0 aliphatic carbocycles. The molecular formula is C19H17N3O2S. The van der Waals surface area contributed by atoms with Gasteiger partial charge in [-0.05, 0) is 37.3 Å². The van der Waals surface area contributed by atoms with E-state index in [0.717, 1.165) is 5.56 Å². The van der Waals surface area contributed by atoms with Crippen molar-refractivity contribution in [3.63, 3.8) is 0 Å². The van der Waals surface area contributed by atoms with E-state index in [1.54, 1.807) is 60.9 Å². The normalized spacial score (nSPS) is 11.6. The first-order valence-electron chi connectivity index (χ1n) is 7.68. The summed E-state index contributed by atoms with van der Waals surface area (Å²) in [5, 5.41) is 0. The summed E-state index contributed by atoms with van der Waals surface area (Å²) in [5.41, 5.74) is 2.12. The van der Waals surface area contributed by atoms with E-state index in [1.165, 1.54) is 0 Å². The van der Waals surface area contributed by atoms with Crippen molar-refractivity contribution in [2.45, 2.75) is 11.8 Å². The van der Waals surface area contributed by atoms with Crippen LogP contribution in [0.4, 0.5) is 11.5 Å². The Morgan fingerprint density at radius 2 is 1.68 bits per heavy atom. The number of pyridine rings is 1. The predicted molar refractivity (Wildman–Crippen MR) is 99.9 cm³/mol. The Labute approximate surface area is 147 Å². The lowest BCUT2D eigenvalue weighted by molar-refractivity contribution is 0.601. The van der Waals surface area contributed by atoms with E-state index >= 15 is 0 Å². The fraction of sp³-hybridized carbons (Fsp3) is 0.0526. The molecular weight excluding hydrogens is 334 g/mol. The average Bonchev–Trinajstić information content (AvgIpc) is 2.62. The lowest BCUT2D eigenvalue weighted by atomic mass is 10.2. The Balaban J connectivity index is 1.88. The van der Waals surface area contributed by atoms with Gasteiger partial charge in [0.25, 0.3) is 10.0 Å². The predicted octanol–water partition coefficient (Wildman–Crippen LogP) is 3.94. The van der Waals surface area contributed by atoms with Crippen LogP contribution in [0.15, 0.2) is 82.8 Å². The summed E-state index contributed by atoms with van der Waals surface area (Å²) in [6, 6.07) is 19.2. The minimum absolute atomic E-state index is 0.217. The van der Waals surface area contributed by atoms with Gasteiger partial charge in [0.15, 0.2) is 5.82 Å². The first kappa shape index (κ1) is 16.9. The van der Waals surface area contributed by atoms with Crippen molar-refractivity contribution in [3.8, 4) is 0 Å². The summed E-state index contributed by atoms with van der Waals surface area (Å²) in [7, 11) is -3.66. The van der Waals surface area contributed by atoms with E-state index in [1.807, 2.05) is 25.1 Å². The van der Waals surface area contributed by atoms with Crippen molar-refractivity contribution in [1.82, 2.24) is 4.98 Å². The zero-order valence-electron chi connectivity index (χ0n) is 13.6. The smallest absolute Gasteiger partial charge is 0.261 e. The van der Waals surface area contributed by atoms with Gasteiger partial charge >= 0.3 is 0 Å². The highest BCUT2D eigenvalue weighted by Gasteiger charge is 2.15. The van der Waals surface area contributed by atoms with Crippen molar-refractivity contribution in [1.29, 1.82) is 0 Å². The second kappa shape index (κ2) is 7.27. The van der Waals surface area contributed by atoms with Crippen molar-refractivity contribution in [3.05, 3.63) is 84.1 Å². The zero-order valence-corrected chi connectivity index (χ0v) is 14.4. The van der Waals surface area contributed by atoms with E-state index in [4.69, 9.17) is 0 Å². The number of para-hydroxylation sites is 1. The van der Waals surface area contributed by atoms with Gasteiger partial charge in [-0.1, -0.05) is 42.0 Å². The minimum atomic E-state index is -3.66. The number of nitrogens with zero attached hydrogens (tertiary/aromatic N) is 2. The number of hydrogen-bond acceptors (Lipinski definition) is 4. The molecule has 0 amide bonds. The lowest BCUT2D eigenvalue weighted by Crippen LogP contribution is -2.14. The number of anilines is 1. The monoisotopic (exact) mass is 351 g/mol. The molecule has 0 bridgehead atoms. The highest BCUT2D eigenvalue weighted by atomic mass is 32.2. The van der Waals surface area contributed by atoms with Gasteiger partial charge in [-0.15, -0.1) is 0 Å². The number of hydrogen-bond donors (Lipinski definition) is 1. The van der Waals surface area contributed by atoms with Gasteiger partial charge in [0.05, 0.1) is 10.6 Å². The second-order valence-electron chi connectivity index (χ2n) is 5.45. The topological polar surface area (TPSA) is 71.4 Å². The maximum Gasteiger partial charge on any atom is 0.261 e. The maximum absolute atomic E-state index is 12.6. The Bertz CT molecular complexity index is 983. The van der Waals surface area contributed by atoms with Crippen LogP contribution >= 0.6 is 0 Å². The van der Waals surface area contributed by atoms with Crippen molar-refractivity contribution < 1.29 is 8.42 Å². The summed E-state index contributed by atoms with van der Waals surface area (Å²) in [6.45, 7) is 1.91. The first-order valence-corrected chi connectivity index (χ1v) is 9.16. The van der Waals surface area contributed by atoms with Crippen LogP contribution in [0.1, 0.15) is 11.1 Å². The van der Waals surface area contributed by atoms with Crippen LogP contribution in [0.2, 0.25) is 0 Å². The Hall–Kier alpha value is -2.99. The van der Waals surface area contributed by atoms with E-state index in [-0.39, 0.29) is 4.90 Å². The SMILES string of the molecule is Cc1ccc(S(=O)(=O)Nc2ccccc2/C=N/c2ccccn2)cc1. The summed E-state index contributed by atoms with van der Waals surface area (Å²) in [4.78, 5) is 8.62. The molecule has 1 heterocycles. The summed E-state index contributed by atoms with van der Waals surface area (Å²) >= 11 is 0. The van der Waals surface area contributed by atoms with Crippen molar-refractivity contribution in [2.24, 2.45) is 4.99 Å². The van der Waals surface area contributed by atoms with Gasteiger partial charge < -0.3 is 0 Å². The molecule has 25 heavy (non-hydrogen) atoms. The van der Waals surface area contributed by atoms with Crippen molar-refractivity contribution in [2.75, 3.05) is 4.72 Å². The molecule has 6 heteroatoms. The highest BCUT2D eigenvalue weighted by molar-refractivity contribution is 7.92. The second-order valence-corrected chi connectivity index (χ2v) is 7.13. The molecule has 0 radical (unpaired) electrons. The van der Waals surface area contributed by atoms with Crippen LogP contribution in [-0.4, -0.2) is 19.6 Å². The maximum atomic E-state index is 12.6. The third-order valence-corrected chi connectivity index (χ3v) is 4.90. The molecule has 1 aromatic heterocycles. The van der Waals surface area contributed by atoms with E-state index in [0.29, 0.717) is 17.1 Å². The molecule has 3 rings (SSSR count). The molecule has 3 aromatic rings. The van der Waals surface area contributed by atoms with Gasteiger partial charge in [0.2, 0.25) is 0 Å². The Kier molecular flexibility index (Phi) is 4.90. The molecule has 0 unspecified atom stereocenters. The first-order chi connectivity index (χ1) is 12.0. The van der Waals surface area contributed by atoms with Gasteiger partial charge in [-0.2, -0.15) is 0 Å². The van der Waals surface area contributed by atoms with Crippen LogP contribution < -0.4 is 4.72 Å². The third-order valence-electron chi connectivity index (χ3n) is 3.52. The quantitative estimate of drug-likeness (QED) is 0.708. The van der Waals surface area contributed by atoms with Gasteiger partial charge in [-0.25, -0.2) is 18.4 Å². The Morgan fingerprint density at radius 1 is 0.960 bits per heavy atom. The number of sulfonamides is 1. The number of aliphatic imine (C=N–C) groups is 1. The molecule has 2 aromatic carbocycles. The van der Waals surface area contributed by atoms with Crippen LogP contribution in [-0.2, 0) is 10.0 Å². The van der Waals surface area contributed by atoms with Crippen LogP contribution in [0, 0.1) is 6.92 Å². The number of nitrogens with one attached hydrogen (secondary N) is 1. The van der Waals surface area contributed by atoms with Crippen LogP contribution in [0.5, 0.6) is 0 Å². The standard InChI is InChI=1S/C19H17N3O2S/c1-15-9-11-17(12-10-15)25(23,24)22-18-7-3-2-6-16(18)14-21-19-8-4-5-13-20-19/h2-14,22H,1H3/b21-14+. The van der Waals surface area contributed by atoms with E-state index < -0.39 is 10.0 Å². The molecule has 126 valence electrons. The van der Waals surface area contributed by atoms with Crippen molar-refractivity contribution >= 4 is 27.7 Å². The third kappa shape index (κ3) is 4.30. The summed E-state index contributed by atoms with van der Waals surface area (Å²) in [6.07, 6.45) is 3.24. The largest absolute Gasteiger partial charge is 0.279 e. The molecule has 0 saturated heterocycles. The summed E-state index contributed by atoms with van der Waals surface area (Å²) in [5.74, 6) is 0.554. The molecule has 0 aliphatic heterocycles. The Morgan fingerprint density at radius 3 is 2.40 bits per heavy atom. The molecule has 0 fully saturated rings. The molecule has 1 N–H and O–H groups in total. The molecule has 0 spiro atoms. The lowest BCUT2D eigenvalue weighted by Gasteiger charge is -2.10. The molecule has 5 nitrogen and oxygen atoms in total. The summed E-state index contributed by atoms with van der Waals surface area (Å²) < 4.78 is 27.8. The van der Waals surface area contributed by atoms with Crippen LogP contribution in [0.25, 0.3) is 0 Å². The van der Waals surface area contributed by atoms with E-state index in [2.05, 4.69) is 14.7 Å². The van der Waals surface area contributed by atoms with Gasteiger partial charge in [-0.3, -0.25) is 4.72 Å². The average molecular weight is 351 g/mol. The fourth-order valence-electron chi connectivity index (χ4n) is 2.19. The van der Waals surface area contributed by atoms with E-state index in [9.17, 15) is 8.42 Å². The number of benzene rings is 2. The van der Waals surface area contributed by atoms with Gasteiger partial charge in [0.1, 0.15) is 0 Å². The van der Waals surface area contributed by atoms with Crippen LogP contribution in [0.3, 0.4) is 0 Å². The minimum Gasteiger partial charge on any atom is -0.279 e.